The van der Waals surface area contributed by atoms with Gasteiger partial charge in [0.05, 0.1) is 0 Å². The summed E-state index contributed by atoms with van der Waals surface area (Å²) in [5.41, 5.74) is 1.85. The molecule has 0 aliphatic carbocycles. The molecule has 1 rings (SSSR count). The number of nitrogens with one attached hydrogen (secondary N) is 1. The van der Waals surface area contributed by atoms with Crippen LogP contribution < -0.4 is 10.4 Å². The summed E-state index contributed by atoms with van der Waals surface area (Å²) in [5, 5.41) is 13.8. The first-order chi connectivity index (χ1) is 9.43. The molecule has 1 aromatic rings. The van der Waals surface area contributed by atoms with Crippen LogP contribution in [0.25, 0.3) is 0 Å². The van der Waals surface area contributed by atoms with E-state index in [0.29, 0.717) is 6.42 Å². The van der Waals surface area contributed by atoms with Gasteiger partial charge in [0.15, 0.2) is 0 Å². The van der Waals surface area contributed by atoms with E-state index in [4.69, 9.17) is 0 Å². The molecule has 0 aromatic heterocycles. The van der Waals surface area contributed by atoms with E-state index in [1.165, 1.54) is 0 Å². The minimum atomic E-state index is -1.07. The van der Waals surface area contributed by atoms with Crippen LogP contribution in [0.2, 0.25) is 0 Å². The summed E-state index contributed by atoms with van der Waals surface area (Å²) in [5.74, 6) is -2.03. The van der Waals surface area contributed by atoms with Crippen molar-refractivity contribution in [1.82, 2.24) is 0 Å². The maximum absolute atomic E-state index is 11.9. The van der Waals surface area contributed by atoms with E-state index in [1.807, 2.05) is 38.1 Å². The average molecular weight is 276 g/mol. The summed E-state index contributed by atoms with van der Waals surface area (Å²) in [6.07, 6.45) is 1.50. The van der Waals surface area contributed by atoms with Crippen molar-refractivity contribution in [3.8, 4) is 0 Å². The van der Waals surface area contributed by atoms with Crippen LogP contribution in [-0.2, 0) is 9.59 Å². The minimum Gasteiger partial charge on any atom is -0.550 e. The van der Waals surface area contributed by atoms with Gasteiger partial charge in [0.1, 0.15) is 0 Å². The van der Waals surface area contributed by atoms with Crippen LogP contribution in [0, 0.1) is 18.8 Å². The Balaban J connectivity index is 2.56. The molecule has 0 saturated heterocycles. The standard InChI is InChI=1S/C16H23NO3/c1-4-5-14(16(19)20)12(3)10-15(18)17-13-8-6-11(2)7-9-13/h6-9,12,14H,4-5,10H2,1-3H3,(H,17,18)(H,19,20)/p-1/t12-,14-/m0/s1. The fraction of sp³-hybridized carbons (Fsp3) is 0.500. The van der Waals surface area contributed by atoms with Crippen LogP contribution >= 0.6 is 0 Å². The third-order valence-corrected chi connectivity index (χ3v) is 3.43. The predicted octanol–water partition coefficient (Wildman–Crippen LogP) is 2.13. The molecule has 0 aliphatic rings. The Hall–Kier alpha value is -1.84. The summed E-state index contributed by atoms with van der Waals surface area (Å²) < 4.78 is 0. The fourth-order valence-corrected chi connectivity index (χ4v) is 2.23. The number of carbonyl (C=O) groups excluding carboxylic acids is 2. The van der Waals surface area contributed by atoms with Crippen LogP contribution in [0.1, 0.15) is 38.7 Å². The zero-order valence-corrected chi connectivity index (χ0v) is 12.3. The fourth-order valence-electron chi connectivity index (χ4n) is 2.23. The highest BCUT2D eigenvalue weighted by atomic mass is 16.4. The van der Waals surface area contributed by atoms with E-state index < -0.39 is 11.9 Å². The van der Waals surface area contributed by atoms with E-state index in [0.717, 1.165) is 17.7 Å². The number of hydrogen-bond donors (Lipinski definition) is 1. The van der Waals surface area contributed by atoms with Gasteiger partial charge >= 0.3 is 0 Å². The molecule has 4 nitrogen and oxygen atoms in total. The lowest BCUT2D eigenvalue weighted by atomic mass is 9.87. The Bertz CT molecular complexity index is 453. The number of anilines is 1. The van der Waals surface area contributed by atoms with Crippen molar-refractivity contribution in [3.05, 3.63) is 29.8 Å². The van der Waals surface area contributed by atoms with E-state index >= 15 is 0 Å². The van der Waals surface area contributed by atoms with Crippen molar-refractivity contribution in [2.24, 2.45) is 11.8 Å². The van der Waals surface area contributed by atoms with Crippen LogP contribution in [-0.4, -0.2) is 11.9 Å². The molecule has 20 heavy (non-hydrogen) atoms. The highest BCUT2D eigenvalue weighted by Crippen LogP contribution is 2.21. The third-order valence-electron chi connectivity index (χ3n) is 3.43. The van der Waals surface area contributed by atoms with Gasteiger partial charge < -0.3 is 15.2 Å². The van der Waals surface area contributed by atoms with Crippen LogP contribution in [0.3, 0.4) is 0 Å². The van der Waals surface area contributed by atoms with Crippen LogP contribution in [0.15, 0.2) is 24.3 Å². The molecule has 2 atom stereocenters. The average Bonchev–Trinajstić information content (AvgIpc) is 2.38. The van der Waals surface area contributed by atoms with Crippen molar-refractivity contribution >= 4 is 17.6 Å². The van der Waals surface area contributed by atoms with Gasteiger partial charge in [0.2, 0.25) is 5.91 Å². The highest BCUT2D eigenvalue weighted by Gasteiger charge is 2.20. The second kappa shape index (κ2) is 7.68. The van der Waals surface area contributed by atoms with Gasteiger partial charge in [-0.2, -0.15) is 0 Å². The number of aliphatic carboxylic acids is 1. The van der Waals surface area contributed by atoms with Gasteiger partial charge in [0, 0.05) is 24.0 Å². The summed E-state index contributed by atoms with van der Waals surface area (Å²) in [7, 11) is 0. The Kier molecular flexibility index (Phi) is 6.22. The molecule has 0 fully saturated rings. The number of amides is 1. The Morgan fingerprint density at radius 1 is 1.25 bits per heavy atom. The van der Waals surface area contributed by atoms with Crippen LogP contribution in [0.4, 0.5) is 5.69 Å². The topological polar surface area (TPSA) is 69.2 Å². The SMILES string of the molecule is CCC[C@H](C(=O)[O-])[C@@H](C)CC(=O)Nc1ccc(C)cc1. The van der Waals surface area contributed by atoms with E-state index in [2.05, 4.69) is 5.32 Å². The molecule has 1 aromatic carbocycles. The number of benzene rings is 1. The number of aryl methyl sites for hydroxylation is 1. The van der Waals surface area contributed by atoms with E-state index in [1.54, 1.807) is 6.92 Å². The van der Waals surface area contributed by atoms with Crippen molar-refractivity contribution in [1.29, 1.82) is 0 Å². The van der Waals surface area contributed by atoms with Gasteiger partial charge in [-0.3, -0.25) is 4.79 Å². The molecular weight excluding hydrogens is 254 g/mol. The van der Waals surface area contributed by atoms with Crippen molar-refractivity contribution in [2.75, 3.05) is 5.32 Å². The van der Waals surface area contributed by atoms with Crippen molar-refractivity contribution < 1.29 is 14.7 Å². The van der Waals surface area contributed by atoms with E-state index in [-0.39, 0.29) is 18.2 Å². The van der Waals surface area contributed by atoms with Gasteiger partial charge in [-0.25, -0.2) is 0 Å². The Morgan fingerprint density at radius 2 is 1.85 bits per heavy atom. The number of carboxylic acid groups (broad SMARTS) is 1. The molecule has 110 valence electrons. The largest absolute Gasteiger partial charge is 0.550 e. The van der Waals surface area contributed by atoms with Gasteiger partial charge in [-0.15, -0.1) is 0 Å². The second-order valence-corrected chi connectivity index (χ2v) is 5.31. The maximum atomic E-state index is 11.9. The maximum Gasteiger partial charge on any atom is 0.224 e. The molecule has 0 heterocycles. The monoisotopic (exact) mass is 276 g/mol. The predicted molar refractivity (Wildman–Crippen MR) is 77.0 cm³/mol. The number of carboxylic acids is 1. The molecule has 0 radical (unpaired) electrons. The molecular formula is C16H22NO3-. The zero-order chi connectivity index (χ0) is 15.1. The minimum absolute atomic E-state index is 0.163. The highest BCUT2D eigenvalue weighted by molar-refractivity contribution is 5.91. The number of carbonyl (C=O) groups is 2. The first-order valence-electron chi connectivity index (χ1n) is 7.01. The van der Waals surface area contributed by atoms with Crippen molar-refractivity contribution in [3.63, 3.8) is 0 Å². The molecule has 0 aliphatic heterocycles. The first kappa shape index (κ1) is 16.2. The molecule has 0 unspecified atom stereocenters. The summed E-state index contributed by atoms with van der Waals surface area (Å²) in [6.45, 7) is 5.68. The molecule has 0 spiro atoms. The number of hydrogen-bond acceptors (Lipinski definition) is 3. The third kappa shape index (κ3) is 5.03. The first-order valence-corrected chi connectivity index (χ1v) is 7.01. The summed E-state index contributed by atoms with van der Waals surface area (Å²) >= 11 is 0. The molecule has 1 N–H and O–H groups in total. The normalized spacial score (nSPS) is 13.6. The lowest BCUT2D eigenvalue weighted by molar-refractivity contribution is -0.313. The zero-order valence-electron chi connectivity index (χ0n) is 12.3. The molecule has 1 amide bonds. The summed E-state index contributed by atoms with van der Waals surface area (Å²) in [6, 6.07) is 7.50. The van der Waals surface area contributed by atoms with Gasteiger partial charge in [0.25, 0.3) is 0 Å². The quantitative estimate of drug-likeness (QED) is 0.829. The van der Waals surface area contributed by atoms with Crippen molar-refractivity contribution in [2.45, 2.75) is 40.0 Å². The lowest BCUT2D eigenvalue weighted by Gasteiger charge is -2.24. The molecule has 0 saturated carbocycles. The number of rotatable bonds is 7. The lowest BCUT2D eigenvalue weighted by Crippen LogP contribution is -2.36. The smallest absolute Gasteiger partial charge is 0.224 e. The van der Waals surface area contributed by atoms with E-state index in [9.17, 15) is 14.7 Å². The van der Waals surface area contributed by atoms with Gasteiger partial charge in [-0.1, -0.05) is 38.0 Å². The van der Waals surface area contributed by atoms with Gasteiger partial charge in [-0.05, 0) is 31.4 Å². The summed E-state index contributed by atoms with van der Waals surface area (Å²) in [4.78, 5) is 23.0. The Labute approximate surface area is 120 Å². The second-order valence-electron chi connectivity index (χ2n) is 5.31. The molecule has 0 bridgehead atoms. The van der Waals surface area contributed by atoms with Crippen LogP contribution in [0.5, 0.6) is 0 Å². The molecule has 4 heteroatoms. The Morgan fingerprint density at radius 3 is 2.35 bits per heavy atom.